The van der Waals surface area contributed by atoms with Crippen LogP contribution in [0.4, 0.5) is 0 Å². The van der Waals surface area contributed by atoms with Crippen LogP contribution in [-0.4, -0.2) is 46.1 Å². The molecular formula is C21H24N4O. The number of rotatable bonds is 3. The van der Waals surface area contributed by atoms with Gasteiger partial charge in [-0.15, -0.1) is 5.10 Å². The Balaban J connectivity index is 1.42. The van der Waals surface area contributed by atoms with E-state index in [1.54, 1.807) is 7.11 Å². The third-order valence-corrected chi connectivity index (χ3v) is 6.30. The summed E-state index contributed by atoms with van der Waals surface area (Å²) < 4.78 is 7.41. The number of hydrogen-bond acceptors (Lipinski definition) is 4. The van der Waals surface area contributed by atoms with Gasteiger partial charge in [-0.1, -0.05) is 23.4 Å². The Morgan fingerprint density at radius 2 is 1.69 bits per heavy atom. The topological polar surface area (TPSA) is 43.2 Å². The zero-order valence-corrected chi connectivity index (χ0v) is 15.3. The zero-order chi connectivity index (χ0) is 17.7. The Morgan fingerprint density at radius 1 is 0.962 bits per heavy atom. The molecule has 2 unspecified atom stereocenters. The van der Waals surface area contributed by atoms with E-state index in [4.69, 9.17) is 4.74 Å². The molecule has 5 nitrogen and oxygen atoms in total. The van der Waals surface area contributed by atoms with Gasteiger partial charge in [0.25, 0.3) is 0 Å². The van der Waals surface area contributed by atoms with Crippen molar-refractivity contribution < 1.29 is 4.74 Å². The van der Waals surface area contributed by atoms with Crippen LogP contribution in [0.2, 0.25) is 0 Å². The van der Waals surface area contributed by atoms with Gasteiger partial charge in [-0.3, -0.25) is 0 Å². The number of aromatic nitrogens is 3. The fourth-order valence-corrected chi connectivity index (χ4v) is 4.70. The molecule has 2 aliphatic rings. The molecule has 2 saturated heterocycles. The van der Waals surface area contributed by atoms with Gasteiger partial charge in [0.05, 0.1) is 19.3 Å². The van der Waals surface area contributed by atoms with Crippen LogP contribution in [0, 0.1) is 0 Å². The fraction of sp³-hybridized carbons (Fsp3) is 0.429. The minimum atomic E-state index is 0.481. The van der Waals surface area contributed by atoms with Gasteiger partial charge in [-0.25, -0.2) is 4.68 Å². The molecule has 2 bridgehead atoms. The van der Waals surface area contributed by atoms with Crippen LogP contribution >= 0.6 is 0 Å². The van der Waals surface area contributed by atoms with Crippen LogP contribution in [0.25, 0.3) is 22.0 Å². The lowest BCUT2D eigenvalue weighted by Crippen LogP contribution is -2.40. The summed E-state index contributed by atoms with van der Waals surface area (Å²) in [6.07, 6.45) is 7.15. The second-order valence-corrected chi connectivity index (χ2v) is 7.69. The van der Waals surface area contributed by atoms with E-state index in [-0.39, 0.29) is 0 Å². The molecule has 5 rings (SSSR count). The van der Waals surface area contributed by atoms with Crippen molar-refractivity contribution in [3.05, 3.63) is 42.6 Å². The normalized spacial score (nSPS) is 25.7. The molecule has 0 spiro atoms. The number of benzene rings is 2. The maximum absolute atomic E-state index is 5.31. The molecule has 2 aromatic carbocycles. The molecule has 2 fully saturated rings. The van der Waals surface area contributed by atoms with Crippen molar-refractivity contribution in [3.63, 3.8) is 0 Å². The van der Waals surface area contributed by atoms with E-state index in [0.717, 1.165) is 17.0 Å². The van der Waals surface area contributed by atoms with Crippen LogP contribution in [-0.2, 0) is 0 Å². The Morgan fingerprint density at radius 3 is 2.46 bits per heavy atom. The van der Waals surface area contributed by atoms with E-state index in [1.165, 1.54) is 36.5 Å². The summed E-state index contributed by atoms with van der Waals surface area (Å²) in [4.78, 5) is 2.56. The van der Waals surface area contributed by atoms with Gasteiger partial charge in [0, 0.05) is 17.6 Å². The summed E-state index contributed by atoms with van der Waals surface area (Å²) in [5.41, 5.74) is 2.07. The fourth-order valence-electron chi connectivity index (χ4n) is 4.70. The second-order valence-electron chi connectivity index (χ2n) is 7.69. The van der Waals surface area contributed by atoms with Gasteiger partial charge in [-0.2, -0.15) is 0 Å². The van der Waals surface area contributed by atoms with Crippen LogP contribution in [0.5, 0.6) is 5.75 Å². The quantitative estimate of drug-likeness (QED) is 0.720. The van der Waals surface area contributed by atoms with Crippen molar-refractivity contribution in [2.75, 3.05) is 14.2 Å². The maximum atomic E-state index is 5.31. The lowest BCUT2D eigenvalue weighted by Gasteiger charge is -2.36. The molecule has 134 valence electrons. The van der Waals surface area contributed by atoms with Gasteiger partial charge in [0.15, 0.2) is 0 Å². The Kier molecular flexibility index (Phi) is 3.71. The van der Waals surface area contributed by atoms with Crippen LogP contribution in [0.3, 0.4) is 0 Å². The molecule has 2 atom stereocenters. The first-order valence-corrected chi connectivity index (χ1v) is 9.43. The molecule has 1 aromatic heterocycles. The lowest BCUT2D eigenvalue weighted by atomic mass is 9.98. The molecule has 3 aromatic rings. The molecular weight excluding hydrogens is 324 g/mol. The van der Waals surface area contributed by atoms with Crippen molar-refractivity contribution >= 4 is 10.8 Å². The monoisotopic (exact) mass is 348 g/mol. The number of fused-ring (bicyclic) bond motifs is 3. The minimum absolute atomic E-state index is 0.481. The SMILES string of the molecule is COc1ccc2cc(-c3cn(C4CC5CCC(C4)N5C)nn3)ccc2c1. The van der Waals surface area contributed by atoms with Crippen molar-refractivity contribution in [1.82, 2.24) is 19.9 Å². The smallest absolute Gasteiger partial charge is 0.119 e. The number of piperidine rings is 1. The van der Waals surface area contributed by atoms with Crippen molar-refractivity contribution in [2.45, 2.75) is 43.8 Å². The Hall–Kier alpha value is -2.40. The van der Waals surface area contributed by atoms with Crippen LogP contribution in [0.1, 0.15) is 31.7 Å². The summed E-state index contributed by atoms with van der Waals surface area (Å²) >= 11 is 0. The largest absolute Gasteiger partial charge is 0.497 e. The van der Waals surface area contributed by atoms with Crippen LogP contribution in [0.15, 0.2) is 42.6 Å². The highest BCUT2D eigenvalue weighted by Gasteiger charge is 2.39. The van der Waals surface area contributed by atoms with E-state index in [0.29, 0.717) is 18.1 Å². The van der Waals surface area contributed by atoms with E-state index in [2.05, 4.69) is 63.5 Å². The highest BCUT2D eigenvalue weighted by Crippen LogP contribution is 2.39. The maximum Gasteiger partial charge on any atom is 0.119 e. The first kappa shape index (κ1) is 15.8. The number of ether oxygens (including phenoxy) is 1. The third kappa shape index (κ3) is 2.58. The molecule has 3 heterocycles. The highest BCUT2D eigenvalue weighted by molar-refractivity contribution is 5.87. The number of nitrogens with zero attached hydrogens (tertiary/aromatic N) is 4. The third-order valence-electron chi connectivity index (χ3n) is 6.30. The molecule has 0 aliphatic carbocycles. The Bertz CT molecular complexity index is 936. The molecule has 2 aliphatic heterocycles. The molecule has 5 heteroatoms. The average molecular weight is 348 g/mol. The molecule has 0 amide bonds. The predicted molar refractivity (Wildman–Crippen MR) is 102 cm³/mol. The summed E-state index contributed by atoms with van der Waals surface area (Å²) in [6, 6.07) is 14.5. The van der Waals surface area contributed by atoms with E-state index < -0.39 is 0 Å². The molecule has 26 heavy (non-hydrogen) atoms. The van der Waals surface area contributed by atoms with Gasteiger partial charge in [0.1, 0.15) is 11.4 Å². The van der Waals surface area contributed by atoms with Gasteiger partial charge >= 0.3 is 0 Å². The molecule has 0 N–H and O–H groups in total. The summed E-state index contributed by atoms with van der Waals surface area (Å²) in [7, 11) is 3.97. The average Bonchev–Trinajstić information content (AvgIpc) is 3.22. The highest BCUT2D eigenvalue weighted by atomic mass is 16.5. The first-order valence-electron chi connectivity index (χ1n) is 9.43. The van der Waals surface area contributed by atoms with Crippen molar-refractivity contribution in [2.24, 2.45) is 0 Å². The lowest BCUT2D eigenvalue weighted by molar-refractivity contribution is 0.130. The Labute approximate surface area is 153 Å². The van der Waals surface area contributed by atoms with Crippen LogP contribution < -0.4 is 4.74 Å². The number of hydrogen-bond donors (Lipinski definition) is 0. The minimum Gasteiger partial charge on any atom is -0.497 e. The standard InChI is InChI=1S/C21H24N4O/c1-24-17-6-7-18(24)12-19(11-17)25-13-21(22-23-25)16-4-3-15-10-20(26-2)8-5-14(15)9-16/h3-5,8-10,13,17-19H,6-7,11-12H2,1-2H3. The number of methoxy groups -OCH3 is 1. The van der Waals surface area contributed by atoms with E-state index >= 15 is 0 Å². The predicted octanol–water partition coefficient (Wildman–Crippen LogP) is 3.90. The van der Waals surface area contributed by atoms with Gasteiger partial charge < -0.3 is 9.64 Å². The summed E-state index contributed by atoms with van der Waals surface area (Å²) in [6.45, 7) is 0. The van der Waals surface area contributed by atoms with Gasteiger partial charge in [0.2, 0.25) is 0 Å². The van der Waals surface area contributed by atoms with Crippen molar-refractivity contribution in [1.29, 1.82) is 0 Å². The van der Waals surface area contributed by atoms with E-state index in [1.807, 2.05) is 6.07 Å². The van der Waals surface area contributed by atoms with Crippen molar-refractivity contribution in [3.8, 4) is 17.0 Å². The van der Waals surface area contributed by atoms with E-state index in [9.17, 15) is 0 Å². The van der Waals surface area contributed by atoms with Gasteiger partial charge in [-0.05, 0) is 61.7 Å². The molecule has 0 radical (unpaired) electrons. The summed E-state index contributed by atoms with van der Waals surface area (Å²) in [5.74, 6) is 0.882. The second kappa shape index (κ2) is 6.09. The molecule has 0 saturated carbocycles. The zero-order valence-electron chi connectivity index (χ0n) is 15.3. The summed E-state index contributed by atoms with van der Waals surface area (Å²) in [5, 5.41) is 11.3. The first-order chi connectivity index (χ1) is 12.7.